The molecule has 6 heteroatoms. The minimum absolute atomic E-state index is 0.0657. The topological polar surface area (TPSA) is 89.7 Å². The van der Waals surface area contributed by atoms with E-state index in [4.69, 9.17) is 9.84 Å². The third kappa shape index (κ3) is 2.84. The predicted octanol–water partition coefficient (Wildman–Crippen LogP) is 3.28. The van der Waals surface area contributed by atoms with E-state index in [9.17, 15) is 14.9 Å². The smallest absolute Gasteiger partial charge is 0.335 e. The number of carboxylic acids is 1. The summed E-state index contributed by atoms with van der Waals surface area (Å²) in [4.78, 5) is 21.5. The number of non-ortho nitro benzene ring substituents is 1. The number of carbonyl (C=O) groups is 1. The zero-order valence-corrected chi connectivity index (χ0v) is 11.5. The normalized spacial score (nSPS) is 10.2. The van der Waals surface area contributed by atoms with E-state index in [-0.39, 0.29) is 11.3 Å². The Hall–Kier alpha value is -2.89. The Morgan fingerprint density at radius 3 is 2.57 bits per heavy atom. The number of methoxy groups -OCH3 is 1. The lowest BCUT2D eigenvalue weighted by Crippen LogP contribution is -1.98. The lowest BCUT2D eigenvalue weighted by atomic mass is 9.99. The van der Waals surface area contributed by atoms with E-state index in [1.165, 1.54) is 31.4 Å². The Bertz CT molecular complexity index is 724. The Labute approximate surface area is 120 Å². The molecule has 0 unspecified atom stereocenters. The van der Waals surface area contributed by atoms with Gasteiger partial charge in [0.05, 0.1) is 17.6 Å². The third-order valence-corrected chi connectivity index (χ3v) is 3.09. The van der Waals surface area contributed by atoms with Gasteiger partial charge in [0.1, 0.15) is 5.75 Å². The molecule has 0 fully saturated rings. The number of nitro benzene ring substituents is 1. The second-order valence-electron chi connectivity index (χ2n) is 4.49. The molecular weight excluding hydrogens is 274 g/mol. The third-order valence-electron chi connectivity index (χ3n) is 3.09. The van der Waals surface area contributed by atoms with E-state index in [1.54, 1.807) is 19.1 Å². The number of nitrogens with zero attached hydrogens (tertiary/aromatic N) is 1. The van der Waals surface area contributed by atoms with Crippen LogP contribution < -0.4 is 4.74 Å². The fraction of sp³-hybridized carbons (Fsp3) is 0.133. The molecule has 0 spiro atoms. The molecular formula is C15H13NO5. The Kier molecular flexibility index (Phi) is 3.89. The number of benzene rings is 2. The molecule has 108 valence electrons. The predicted molar refractivity (Wildman–Crippen MR) is 76.8 cm³/mol. The molecule has 2 rings (SSSR count). The van der Waals surface area contributed by atoms with Gasteiger partial charge in [-0.05, 0) is 30.2 Å². The van der Waals surface area contributed by atoms with Crippen LogP contribution in [0.2, 0.25) is 0 Å². The molecule has 0 amide bonds. The number of nitro groups is 1. The van der Waals surface area contributed by atoms with Crippen molar-refractivity contribution in [1.82, 2.24) is 0 Å². The largest absolute Gasteiger partial charge is 0.496 e. The molecule has 0 saturated carbocycles. The van der Waals surface area contributed by atoms with Gasteiger partial charge in [0, 0.05) is 17.7 Å². The van der Waals surface area contributed by atoms with E-state index in [1.807, 2.05) is 0 Å². The standard InChI is InChI=1S/C15H13NO5/c1-9-6-12(16(19)20)8-13(14(9)21-2)10-4-3-5-11(7-10)15(17)18/h3-8H,1-2H3,(H,17,18). The average Bonchev–Trinajstić information content (AvgIpc) is 2.46. The molecule has 21 heavy (non-hydrogen) atoms. The molecule has 0 aromatic heterocycles. The van der Waals surface area contributed by atoms with Gasteiger partial charge in [-0.2, -0.15) is 0 Å². The number of ether oxygens (including phenoxy) is 1. The van der Waals surface area contributed by atoms with Gasteiger partial charge in [-0.3, -0.25) is 10.1 Å². The SMILES string of the molecule is COc1c(C)cc([N+](=O)[O-])cc1-c1cccc(C(=O)O)c1. The number of aromatic carboxylic acids is 1. The molecule has 2 aromatic carbocycles. The van der Waals surface area contributed by atoms with Gasteiger partial charge < -0.3 is 9.84 Å². The summed E-state index contributed by atoms with van der Waals surface area (Å²) in [6.45, 7) is 1.70. The second kappa shape index (κ2) is 5.62. The first-order valence-electron chi connectivity index (χ1n) is 6.10. The van der Waals surface area contributed by atoms with Crippen molar-refractivity contribution in [1.29, 1.82) is 0 Å². The van der Waals surface area contributed by atoms with Crippen molar-refractivity contribution in [2.45, 2.75) is 6.92 Å². The molecule has 0 aliphatic carbocycles. The average molecular weight is 287 g/mol. The van der Waals surface area contributed by atoms with Crippen LogP contribution in [0, 0.1) is 17.0 Å². The van der Waals surface area contributed by atoms with Crippen LogP contribution in [0.1, 0.15) is 15.9 Å². The van der Waals surface area contributed by atoms with Crippen molar-refractivity contribution in [2.75, 3.05) is 7.11 Å². The van der Waals surface area contributed by atoms with E-state index in [2.05, 4.69) is 0 Å². The molecule has 0 atom stereocenters. The first kappa shape index (κ1) is 14.5. The van der Waals surface area contributed by atoms with Crippen molar-refractivity contribution in [2.24, 2.45) is 0 Å². The van der Waals surface area contributed by atoms with Crippen LogP contribution in [0.5, 0.6) is 5.75 Å². The van der Waals surface area contributed by atoms with Crippen molar-refractivity contribution in [3.63, 3.8) is 0 Å². The van der Waals surface area contributed by atoms with E-state index >= 15 is 0 Å². The lowest BCUT2D eigenvalue weighted by molar-refractivity contribution is -0.384. The van der Waals surface area contributed by atoms with E-state index in [0.717, 1.165) is 0 Å². The Morgan fingerprint density at radius 2 is 2.00 bits per heavy atom. The molecule has 2 aromatic rings. The van der Waals surface area contributed by atoms with Crippen molar-refractivity contribution < 1.29 is 19.6 Å². The molecule has 0 saturated heterocycles. The highest BCUT2D eigenvalue weighted by molar-refractivity contribution is 5.90. The zero-order chi connectivity index (χ0) is 15.6. The second-order valence-corrected chi connectivity index (χ2v) is 4.49. The summed E-state index contributed by atoms with van der Waals surface area (Å²) in [7, 11) is 1.47. The van der Waals surface area contributed by atoms with Crippen LogP contribution >= 0.6 is 0 Å². The van der Waals surface area contributed by atoms with Crippen molar-refractivity contribution in [3.8, 4) is 16.9 Å². The highest BCUT2D eigenvalue weighted by Gasteiger charge is 2.17. The maximum Gasteiger partial charge on any atom is 0.335 e. The minimum atomic E-state index is -1.06. The van der Waals surface area contributed by atoms with Gasteiger partial charge in [0.25, 0.3) is 5.69 Å². The molecule has 6 nitrogen and oxygen atoms in total. The fourth-order valence-corrected chi connectivity index (χ4v) is 2.17. The maximum atomic E-state index is 11.0. The summed E-state index contributed by atoms with van der Waals surface area (Å²) >= 11 is 0. The zero-order valence-electron chi connectivity index (χ0n) is 11.5. The van der Waals surface area contributed by atoms with Crippen molar-refractivity contribution in [3.05, 3.63) is 57.6 Å². The van der Waals surface area contributed by atoms with Crippen LogP contribution in [0.25, 0.3) is 11.1 Å². The molecule has 0 radical (unpaired) electrons. The monoisotopic (exact) mass is 287 g/mol. The van der Waals surface area contributed by atoms with Gasteiger partial charge in [-0.25, -0.2) is 4.79 Å². The van der Waals surface area contributed by atoms with Crippen LogP contribution in [-0.2, 0) is 0 Å². The highest BCUT2D eigenvalue weighted by Crippen LogP contribution is 2.36. The highest BCUT2D eigenvalue weighted by atomic mass is 16.6. The van der Waals surface area contributed by atoms with Gasteiger partial charge in [-0.1, -0.05) is 12.1 Å². The summed E-state index contributed by atoms with van der Waals surface area (Å²) in [5.41, 5.74) is 1.70. The quantitative estimate of drug-likeness (QED) is 0.688. The van der Waals surface area contributed by atoms with Crippen LogP contribution in [-0.4, -0.2) is 23.1 Å². The first-order valence-corrected chi connectivity index (χ1v) is 6.10. The van der Waals surface area contributed by atoms with Gasteiger partial charge >= 0.3 is 5.97 Å². The number of rotatable bonds is 4. The van der Waals surface area contributed by atoms with Crippen LogP contribution in [0.3, 0.4) is 0 Å². The minimum Gasteiger partial charge on any atom is -0.496 e. The molecule has 0 aliphatic heterocycles. The summed E-state index contributed by atoms with van der Waals surface area (Å²) in [5.74, 6) is -0.568. The Balaban J connectivity index is 2.69. The lowest BCUT2D eigenvalue weighted by Gasteiger charge is -2.12. The number of hydrogen-bond donors (Lipinski definition) is 1. The van der Waals surface area contributed by atoms with Crippen molar-refractivity contribution >= 4 is 11.7 Å². The number of hydrogen-bond acceptors (Lipinski definition) is 4. The molecule has 0 aliphatic rings. The molecule has 1 N–H and O–H groups in total. The summed E-state index contributed by atoms with van der Waals surface area (Å²) in [5, 5.41) is 20.0. The van der Waals surface area contributed by atoms with Crippen LogP contribution in [0.15, 0.2) is 36.4 Å². The molecule has 0 heterocycles. The Morgan fingerprint density at radius 1 is 1.29 bits per heavy atom. The number of aryl methyl sites for hydroxylation is 1. The van der Waals surface area contributed by atoms with E-state index in [0.29, 0.717) is 22.4 Å². The first-order chi connectivity index (χ1) is 9.93. The maximum absolute atomic E-state index is 11.0. The van der Waals surface area contributed by atoms with Gasteiger partial charge in [0.15, 0.2) is 0 Å². The summed E-state index contributed by atoms with van der Waals surface area (Å²) < 4.78 is 5.30. The van der Waals surface area contributed by atoms with Gasteiger partial charge in [-0.15, -0.1) is 0 Å². The fourth-order valence-electron chi connectivity index (χ4n) is 2.17. The summed E-state index contributed by atoms with van der Waals surface area (Å²) in [6, 6.07) is 9.00. The summed E-state index contributed by atoms with van der Waals surface area (Å²) in [6.07, 6.45) is 0. The van der Waals surface area contributed by atoms with E-state index < -0.39 is 10.9 Å². The molecule has 0 bridgehead atoms. The van der Waals surface area contributed by atoms with Gasteiger partial charge in [0.2, 0.25) is 0 Å². The number of carboxylic acid groups (broad SMARTS) is 1. The van der Waals surface area contributed by atoms with Crippen LogP contribution in [0.4, 0.5) is 5.69 Å².